The number of ketones is 1. The molecule has 21 heteroatoms. The van der Waals surface area contributed by atoms with E-state index >= 15 is 4.79 Å². The summed E-state index contributed by atoms with van der Waals surface area (Å²) in [6.07, 6.45) is 4.06. The molecule has 2 bridgehead atoms. The SMILES string of the molecule is COc1ccc(CC[C@H]2OC(=O)[C@@H]3CCCCN3C(=O)C(=O)C(C)(C)COC(=O)/C=C\CCN(C)C(=O)[C@H](CC(C)C)NC(=O)[C@H](COC(C)(C)C)N(C)C(=O)[C@H](Cc3ccc4ccccc4c3)NC(=O)[C@H](C)N(C)C(=O)COc3cccc2c3)cc1OC. The maximum Gasteiger partial charge on any atom is 0.330 e. The zero-order valence-electron chi connectivity index (χ0n) is 53.9. The zero-order valence-corrected chi connectivity index (χ0v) is 53.9. The number of carbonyl (C=O) groups excluding carboxylic acids is 9. The molecular formula is C68H90N6O15. The fourth-order valence-corrected chi connectivity index (χ4v) is 10.5. The fourth-order valence-electron chi connectivity index (χ4n) is 10.5. The number of aryl methyl sites for hydroxylation is 1. The summed E-state index contributed by atoms with van der Waals surface area (Å²) in [5.74, 6) is -5.17. The van der Waals surface area contributed by atoms with E-state index in [4.69, 9.17) is 28.4 Å². The highest BCUT2D eigenvalue weighted by Gasteiger charge is 2.43. The maximum atomic E-state index is 15.1. The van der Waals surface area contributed by atoms with E-state index in [1.165, 1.54) is 80.8 Å². The maximum absolute atomic E-state index is 15.1. The van der Waals surface area contributed by atoms with Crippen molar-refractivity contribution in [3.05, 3.63) is 114 Å². The van der Waals surface area contributed by atoms with Gasteiger partial charge >= 0.3 is 11.9 Å². The van der Waals surface area contributed by atoms with Gasteiger partial charge in [0.25, 0.3) is 11.8 Å². The monoisotopic (exact) mass is 1230 g/mol. The first-order valence-electron chi connectivity index (χ1n) is 30.4. The lowest BCUT2D eigenvalue weighted by Gasteiger charge is -2.36. The number of nitrogens with zero attached hydrogens (tertiary/aromatic N) is 4. The van der Waals surface area contributed by atoms with E-state index in [1.807, 2.05) is 68.4 Å². The highest BCUT2D eigenvalue weighted by molar-refractivity contribution is 6.38. The summed E-state index contributed by atoms with van der Waals surface area (Å²) in [7, 11) is 7.49. The van der Waals surface area contributed by atoms with Crippen molar-refractivity contribution < 1.29 is 71.6 Å². The molecule has 0 radical (unpaired) electrons. The normalized spacial score (nSPS) is 22.7. The third kappa shape index (κ3) is 19.6. The molecule has 2 N–H and O–H groups in total. The van der Waals surface area contributed by atoms with Gasteiger partial charge in [0.15, 0.2) is 18.1 Å². The first-order chi connectivity index (χ1) is 42.1. The molecule has 89 heavy (non-hydrogen) atoms. The van der Waals surface area contributed by atoms with Crippen LogP contribution in [0.3, 0.4) is 0 Å². The Hall–Kier alpha value is -8.33. The standard InChI is InChI=1S/C68H90N6O15/c1-43(2)35-51-63(80)71(9)33-18-17-26-59(76)87-42-68(7,8)60(77)65(82)74-34-19-16-25-53(74)66(83)89-55(31-28-45-29-32-56(84-12)57(38-45)85-13)49-23-20-24-50(39-49)86-41-58(75)72(10)44(3)61(78)69-52(37-46-27-30-47-21-14-15-22-48(47)36-46)64(81)73(11)54(62(79)70-51)40-88-67(4,5)6/h14-15,17,20-24,26-27,29-30,32,36,38-39,43-44,51-55H,16,18-19,25,28,31,33-35,37,40-42H2,1-13H3,(H,69,78)(H,70,79)/b26-17-/t44-,51-,52-,53-,54-,55+/m0/s1. The lowest BCUT2D eigenvalue weighted by atomic mass is 9.87. The molecular weight excluding hydrogens is 1140 g/mol. The van der Waals surface area contributed by atoms with Gasteiger partial charge in [0.2, 0.25) is 29.4 Å². The van der Waals surface area contributed by atoms with Crippen LogP contribution >= 0.6 is 0 Å². The second-order valence-electron chi connectivity index (χ2n) is 25.0. The van der Waals surface area contributed by atoms with Gasteiger partial charge in [-0.3, -0.25) is 33.6 Å². The fraction of sp³-hybridized carbons (Fsp3) is 0.515. The van der Waals surface area contributed by atoms with Crippen molar-refractivity contribution in [3.63, 3.8) is 0 Å². The Kier molecular flexibility index (Phi) is 24.9. The van der Waals surface area contributed by atoms with Gasteiger partial charge in [0.05, 0.1) is 31.8 Å². The Morgan fingerprint density at radius 3 is 2.12 bits per heavy atom. The highest BCUT2D eigenvalue weighted by atomic mass is 16.5. The van der Waals surface area contributed by atoms with Crippen molar-refractivity contribution in [2.75, 3.05) is 68.3 Å². The minimum atomic E-state index is -1.51. The molecule has 4 aromatic rings. The smallest absolute Gasteiger partial charge is 0.330 e. The number of benzene rings is 4. The molecule has 6 rings (SSSR count). The molecule has 0 aliphatic carbocycles. The van der Waals surface area contributed by atoms with Crippen LogP contribution in [0.4, 0.5) is 0 Å². The number of esters is 2. The largest absolute Gasteiger partial charge is 0.493 e. The van der Waals surface area contributed by atoms with Crippen LogP contribution in [0.15, 0.2) is 97.1 Å². The minimum absolute atomic E-state index is 0.0111. The van der Waals surface area contributed by atoms with Crippen molar-refractivity contribution in [3.8, 4) is 17.2 Å². The Morgan fingerprint density at radius 1 is 0.730 bits per heavy atom. The average Bonchev–Trinajstić information content (AvgIpc) is 3.56. The Labute approximate surface area is 523 Å². The lowest BCUT2D eigenvalue weighted by Crippen LogP contribution is -2.60. The first kappa shape index (κ1) is 69.8. The number of nitrogens with one attached hydrogen (secondary N) is 2. The molecule has 6 atom stereocenters. The van der Waals surface area contributed by atoms with Gasteiger partial charge < -0.3 is 58.7 Å². The van der Waals surface area contributed by atoms with Crippen molar-refractivity contribution in [2.24, 2.45) is 11.3 Å². The van der Waals surface area contributed by atoms with E-state index in [2.05, 4.69) is 10.6 Å². The number of amides is 6. The summed E-state index contributed by atoms with van der Waals surface area (Å²) in [6, 6.07) is 19.6. The number of fused-ring (bicyclic) bond motifs is 4. The highest BCUT2D eigenvalue weighted by Crippen LogP contribution is 2.33. The Morgan fingerprint density at radius 2 is 1.43 bits per heavy atom. The third-order valence-corrected chi connectivity index (χ3v) is 16.0. The number of hydrogen-bond acceptors (Lipinski definition) is 15. The molecule has 0 spiro atoms. The Bertz CT molecular complexity index is 3210. The molecule has 4 aromatic carbocycles. The second kappa shape index (κ2) is 31.7. The van der Waals surface area contributed by atoms with Gasteiger partial charge in [-0.2, -0.15) is 0 Å². The Balaban J connectivity index is 1.35. The van der Waals surface area contributed by atoms with Crippen LogP contribution in [-0.4, -0.2) is 177 Å². The zero-order chi connectivity index (χ0) is 65.3. The third-order valence-electron chi connectivity index (χ3n) is 16.0. The molecule has 0 saturated carbocycles. The molecule has 482 valence electrons. The van der Waals surface area contributed by atoms with E-state index in [9.17, 15) is 38.4 Å². The van der Waals surface area contributed by atoms with Crippen molar-refractivity contribution in [1.29, 1.82) is 0 Å². The lowest BCUT2D eigenvalue weighted by molar-refractivity contribution is -0.165. The summed E-state index contributed by atoms with van der Waals surface area (Å²) < 4.78 is 35.1. The van der Waals surface area contributed by atoms with Crippen LogP contribution in [0, 0.1) is 11.3 Å². The molecule has 1 fully saturated rings. The van der Waals surface area contributed by atoms with Crippen LogP contribution in [-0.2, 0) is 70.2 Å². The van der Waals surface area contributed by atoms with Crippen LogP contribution in [0.2, 0.25) is 0 Å². The summed E-state index contributed by atoms with van der Waals surface area (Å²) in [5, 5.41) is 7.66. The van der Waals surface area contributed by atoms with Gasteiger partial charge in [-0.15, -0.1) is 0 Å². The number of Topliss-reactive ketones (excluding diaryl/α,β-unsaturated/α-hetero) is 1. The molecule has 0 aromatic heterocycles. The van der Waals surface area contributed by atoms with E-state index in [0.717, 1.165) is 16.3 Å². The second-order valence-corrected chi connectivity index (χ2v) is 25.0. The predicted octanol–water partition coefficient (Wildman–Crippen LogP) is 7.14. The summed E-state index contributed by atoms with van der Waals surface area (Å²) >= 11 is 0. The number of ether oxygens (including phenoxy) is 6. The molecule has 2 aliphatic rings. The summed E-state index contributed by atoms with van der Waals surface area (Å²) in [5.41, 5.74) is -0.244. The first-order valence-corrected chi connectivity index (χ1v) is 30.4. The summed E-state index contributed by atoms with van der Waals surface area (Å²) in [4.78, 5) is 134. The molecule has 21 nitrogen and oxygen atoms in total. The van der Waals surface area contributed by atoms with Crippen molar-refractivity contribution in [1.82, 2.24) is 30.2 Å². The van der Waals surface area contributed by atoms with Crippen LogP contribution in [0.1, 0.15) is 117 Å². The van der Waals surface area contributed by atoms with Crippen LogP contribution in [0.5, 0.6) is 17.2 Å². The van der Waals surface area contributed by atoms with Gasteiger partial charge in [0, 0.05) is 46.7 Å². The minimum Gasteiger partial charge on any atom is -0.493 e. The number of methoxy groups -OCH3 is 2. The molecule has 2 aliphatic heterocycles. The molecule has 0 unspecified atom stereocenters. The number of cyclic esters (lactones) is 2. The predicted molar refractivity (Wildman–Crippen MR) is 335 cm³/mol. The van der Waals surface area contributed by atoms with Crippen LogP contribution in [0.25, 0.3) is 10.8 Å². The van der Waals surface area contributed by atoms with Gasteiger partial charge in [-0.25, -0.2) is 9.59 Å². The van der Waals surface area contributed by atoms with E-state index in [0.29, 0.717) is 41.9 Å². The number of carbonyl (C=O) groups is 9. The number of piperidine rings is 1. The van der Waals surface area contributed by atoms with Gasteiger partial charge in [0.1, 0.15) is 48.7 Å². The van der Waals surface area contributed by atoms with Gasteiger partial charge in [-0.1, -0.05) is 80.6 Å². The number of hydrogen-bond donors (Lipinski definition) is 2. The van der Waals surface area contributed by atoms with Crippen LogP contribution < -0.4 is 24.8 Å². The van der Waals surface area contributed by atoms with E-state index < -0.39 is 114 Å². The molecule has 2 heterocycles. The van der Waals surface area contributed by atoms with E-state index in [-0.39, 0.29) is 63.5 Å². The number of rotatable bonds is 11. The average molecular weight is 1230 g/mol. The quantitative estimate of drug-likeness (QED) is 0.112. The molecule has 1 saturated heterocycles. The van der Waals surface area contributed by atoms with E-state index in [1.54, 1.807) is 58.2 Å². The molecule has 6 amide bonds. The topological polar surface area (TPSA) is 246 Å². The summed E-state index contributed by atoms with van der Waals surface area (Å²) in [6.45, 7) is 12.6. The van der Waals surface area contributed by atoms with Crippen molar-refractivity contribution in [2.45, 2.75) is 149 Å². The van der Waals surface area contributed by atoms with Gasteiger partial charge in [-0.05, 0) is 144 Å². The number of likely N-dealkylation sites (N-methyl/N-ethyl adjacent to an activating group) is 3. The van der Waals surface area contributed by atoms with Crippen molar-refractivity contribution >= 4 is 63.9 Å².